The molecule has 1 aliphatic heterocycles. The van der Waals surface area contributed by atoms with Gasteiger partial charge < -0.3 is 20.3 Å². The van der Waals surface area contributed by atoms with Gasteiger partial charge in [-0.05, 0) is 44.6 Å². The Labute approximate surface area is 204 Å². The number of carbonyl (C=O) groups excluding carboxylic acids is 1. The lowest BCUT2D eigenvalue weighted by Crippen LogP contribution is -2.47. The third-order valence-electron chi connectivity index (χ3n) is 7.04. The van der Waals surface area contributed by atoms with Gasteiger partial charge in [0.15, 0.2) is 0 Å². The lowest BCUT2D eigenvalue weighted by atomic mass is 9.90. The zero-order valence-corrected chi connectivity index (χ0v) is 19.4. The quantitative estimate of drug-likeness (QED) is 0.490. The Kier molecular flexibility index (Phi) is 5.83. The summed E-state index contributed by atoms with van der Waals surface area (Å²) < 4.78 is 39.7. The maximum atomic E-state index is 13.2. The van der Waals surface area contributed by atoms with Crippen molar-refractivity contribution in [2.45, 2.75) is 50.4 Å². The van der Waals surface area contributed by atoms with E-state index in [0.29, 0.717) is 31.5 Å². The number of aliphatic hydroxyl groups is 1. The first-order chi connectivity index (χ1) is 17.1. The summed E-state index contributed by atoms with van der Waals surface area (Å²) in [4.78, 5) is 29.5. The molecule has 0 radical (unpaired) electrons. The Morgan fingerprint density at radius 3 is 2.67 bits per heavy atom. The van der Waals surface area contributed by atoms with Crippen molar-refractivity contribution in [3.63, 3.8) is 0 Å². The third kappa shape index (κ3) is 4.46. The second-order valence-electron chi connectivity index (χ2n) is 9.48. The number of aromatic nitrogens is 4. The molecule has 12 heteroatoms. The predicted molar refractivity (Wildman–Crippen MR) is 123 cm³/mol. The maximum absolute atomic E-state index is 13.2. The average Bonchev–Trinajstić information content (AvgIpc) is 3.48. The van der Waals surface area contributed by atoms with E-state index in [1.807, 2.05) is 13.0 Å². The Hall–Kier alpha value is -3.72. The maximum Gasteiger partial charge on any atom is 0.417 e. The van der Waals surface area contributed by atoms with Gasteiger partial charge in [-0.25, -0.2) is 15.0 Å². The summed E-state index contributed by atoms with van der Waals surface area (Å²) in [6, 6.07) is 2.93. The van der Waals surface area contributed by atoms with Gasteiger partial charge in [-0.1, -0.05) is 0 Å². The lowest BCUT2D eigenvalue weighted by molar-refractivity contribution is -0.144. The van der Waals surface area contributed by atoms with Crippen LogP contribution in [-0.4, -0.2) is 60.6 Å². The van der Waals surface area contributed by atoms with Gasteiger partial charge in [0.1, 0.15) is 17.3 Å². The third-order valence-corrected chi connectivity index (χ3v) is 7.04. The van der Waals surface area contributed by atoms with Crippen molar-refractivity contribution in [3.8, 4) is 17.3 Å². The number of likely N-dealkylation sites (tertiary alicyclic amines) is 1. The Morgan fingerprint density at radius 1 is 1.31 bits per heavy atom. The summed E-state index contributed by atoms with van der Waals surface area (Å²) in [5.41, 5.74) is -1.16. The van der Waals surface area contributed by atoms with E-state index in [4.69, 9.17) is 0 Å². The number of nitrogens with zero attached hydrogens (tertiary/aromatic N) is 5. The number of nitriles is 1. The largest absolute Gasteiger partial charge is 0.417 e. The molecular formula is C24H24F3N7O2. The van der Waals surface area contributed by atoms with E-state index in [1.54, 1.807) is 4.90 Å². The van der Waals surface area contributed by atoms with Crippen molar-refractivity contribution >= 4 is 22.9 Å². The minimum absolute atomic E-state index is 0.0616. The molecule has 4 heterocycles. The molecule has 0 spiro atoms. The highest BCUT2D eigenvalue weighted by atomic mass is 19.4. The zero-order valence-electron chi connectivity index (χ0n) is 19.4. The number of anilines is 1. The van der Waals surface area contributed by atoms with Gasteiger partial charge >= 0.3 is 6.18 Å². The van der Waals surface area contributed by atoms with E-state index in [9.17, 15) is 28.3 Å². The highest BCUT2D eigenvalue weighted by molar-refractivity contribution is 5.94. The highest BCUT2D eigenvalue weighted by Crippen LogP contribution is 2.38. The number of nitrogens with one attached hydrogen (secondary N) is 2. The molecule has 3 aromatic rings. The molecule has 9 nitrogen and oxygen atoms in total. The standard InChI is InChI=1S/C24H24F3N7O2/c1-13(14-2-6-34(7-3-14)21(35)23(36)4-5-23)32-22-31-10-15(9-28)19(33-22)18-12-30-20-17(18)8-16(11-29-20)24(25,26)27/h8,10-14,36H,2-7H2,1H3,(H,29,30)(H,31,32,33). The van der Waals surface area contributed by atoms with E-state index < -0.39 is 17.3 Å². The van der Waals surface area contributed by atoms with Crippen molar-refractivity contribution in [1.82, 2.24) is 24.8 Å². The van der Waals surface area contributed by atoms with Crippen molar-refractivity contribution < 1.29 is 23.1 Å². The second kappa shape index (κ2) is 8.74. The number of rotatable bonds is 5. The van der Waals surface area contributed by atoms with E-state index in [1.165, 1.54) is 12.4 Å². The number of piperidine rings is 1. The van der Waals surface area contributed by atoms with E-state index >= 15 is 0 Å². The topological polar surface area (TPSA) is 131 Å². The molecule has 1 amide bonds. The summed E-state index contributed by atoms with van der Waals surface area (Å²) in [6.07, 6.45) is 1.55. The summed E-state index contributed by atoms with van der Waals surface area (Å²) in [5.74, 6) is 0.275. The molecule has 2 fully saturated rings. The van der Waals surface area contributed by atoms with Crippen LogP contribution < -0.4 is 5.32 Å². The van der Waals surface area contributed by atoms with Crippen molar-refractivity contribution in [2.75, 3.05) is 18.4 Å². The molecule has 2 aliphatic rings. The molecule has 5 rings (SSSR count). The van der Waals surface area contributed by atoms with Crippen molar-refractivity contribution in [2.24, 2.45) is 5.92 Å². The van der Waals surface area contributed by atoms with E-state index in [0.717, 1.165) is 25.1 Å². The molecule has 36 heavy (non-hydrogen) atoms. The SMILES string of the molecule is CC(Nc1ncc(C#N)c(-c2c[nH]c3ncc(C(F)(F)F)cc23)n1)C1CCN(C(=O)C2(O)CC2)CC1. The van der Waals surface area contributed by atoms with Gasteiger partial charge in [-0.2, -0.15) is 18.4 Å². The van der Waals surface area contributed by atoms with Crippen LogP contribution in [0.2, 0.25) is 0 Å². The molecule has 1 saturated carbocycles. The van der Waals surface area contributed by atoms with Gasteiger partial charge in [0, 0.05) is 42.5 Å². The first kappa shape index (κ1) is 24.0. The van der Waals surface area contributed by atoms with Crippen LogP contribution in [0.25, 0.3) is 22.3 Å². The molecule has 3 N–H and O–H groups in total. The Bertz CT molecular complexity index is 1350. The van der Waals surface area contributed by atoms with E-state index in [2.05, 4.69) is 25.3 Å². The number of hydrogen-bond acceptors (Lipinski definition) is 7. The number of pyridine rings is 1. The lowest BCUT2D eigenvalue weighted by Gasteiger charge is -2.36. The van der Waals surface area contributed by atoms with E-state index in [-0.39, 0.29) is 46.1 Å². The average molecular weight is 499 g/mol. The number of carbonyl (C=O) groups is 1. The molecule has 0 aromatic carbocycles. The molecule has 1 atom stereocenters. The normalized spacial score (nSPS) is 18.6. The number of fused-ring (bicyclic) bond motifs is 1. The monoisotopic (exact) mass is 499 g/mol. The van der Waals surface area contributed by atoms with Crippen LogP contribution in [0, 0.1) is 17.2 Å². The summed E-state index contributed by atoms with van der Waals surface area (Å²) in [7, 11) is 0. The van der Waals surface area contributed by atoms with Crippen LogP contribution in [0.15, 0.2) is 24.7 Å². The first-order valence-corrected chi connectivity index (χ1v) is 11.7. The Balaban J connectivity index is 1.35. The van der Waals surface area contributed by atoms with Crippen LogP contribution >= 0.6 is 0 Å². The molecule has 1 aliphatic carbocycles. The number of amides is 1. The van der Waals surface area contributed by atoms with Gasteiger partial charge in [-0.3, -0.25) is 4.79 Å². The van der Waals surface area contributed by atoms with Crippen LogP contribution in [0.1, 0.15) is 43.7 Å². The minimum atomic E-state index is -4.56. The van der Waals surface area contributed by atoms with Crippen LogP contribution in [0.5, 0.6) is 0 Å². The van der Waals surface area contributed by atoms with Crippen LogP contribution in [0.3, 0.4) is 0 Å². The fourth-order valence-electron chi connectivity index (χ4n) is 4.64. The molecule has 188 valence electrons. The van der Waals surface area contributed by atoms with Crippen LogP contribution in [0.4, 0.5) is 19.1 Å². The second-order valence-corrected chi connectivity index (χ2v) is 9.48. The molecule has 0 bridgehead atoms. The minimum Gasteiger partial charge on any atom is -0.380 e. The number of hydrogen-bond donors (Lipinski definition) is 3. The Morgan fingerprint density at radius 2 is 2.03 bits per heavy atom. The van der Waals surface area contributed by atoms with Gasteiger partial charge in [0.2, 0.25) is 5.95 Å². The summed E-state index contributed by atoms with van der Waals surface area (Å²) in [5, 5.41) is 23.1. The summed E-state index contributed by atoms with van der Waals surface area (Å²) >= 11 is 0. The van der Waals surface area contributed by atoms with Crippen molar-refractivity contribution in [1.29, 1.82) is 5.26 Å². The molecular weight excluding hydrogens is 475 g/mol. The smallest absolute Gasteiger partial charge is 0.380 e. The number of halogens is 3. The highest BCUT2D eigenvalue weighted by Gasteiger charge is 2.50. The van der Waals surface area contributed by atoms with Crippen LogP contribution in [-0.2, 0) is 11.0 Å². The summed E-state index contributed by atoms with van der Waals surface area (Å²) in [6.45, 7) is 3.09. The van der Waals surface area contributed by atoms with Gasteiger partial charge in [-0.15, -0.1) is 0 Å². The van der Waals surface area contributed by atoms with Gasteiger partial charge in [0.25, 0.3) is 5.91 Å². The zero-order chi connectivity index (χ0) is 25.7. The number of alkyl halides is 3. The van der Waals surface area contributed by atoms with Crippen molar-refractivity contribution in [3.05, 3.63) is 35.8 Å². The fourth-order valence-corrected chi connectivity index (χ4v) is 4.64. The fraction of sp³-hybridized carbons (Fsp3) is 0.458. The van der Waals surface area contributed by atoms with Gasteiger partial charge in [0.05, 0.1) is 23.0 Å². The first-order valence-electron chi connectivity index (χ1n) is 11.7. The number of H-pyrrole nitrogens is 1. The molecule has 1 unspecified atom stereocenters. The number of aromatic amines is 1. The molecule has 3 aromatic heterocycles. The molecule has 1 saturated heterocycles. The predicted octanol–water partition coefficient (Wildman–Crippen LogP) is 3.47.